The van der Waals surface area contributed by atoms with Gasteiger partial charge in [0.2, 0.25) is 5.91 Å². The largest absolute Gasteiger partial charge is 0.455 e. The van der Waals surface area contributed by atoms with Gasteiger partial charge in [-0.2, -0.15) is 0 Å². The van der Waals surface area contributed by atoms with Crippen LogP contribution < -0.4 is 5.32 Å². The van der Waals surface area contributed by atoms with Crippen LogP contribution in [0.15, 0.2) is 54.6 Å². The first-order valence-electron chi connectivity index (χ1n) is 9.88. The third-order valence-electron chi connectivity index (χ3n) is 5.26. The first-order valence-corrected chi connectivity index (χ1v) is 9.88. The molecule has 0 saturated carbocycles. The number of hydrogen-bond donors (Lipinski definition) is 1. The molecule has 1 saturated heterocycles. The van der Waals surface area contributed by atoms with E-state index in [4.69, 9.17) is 4.74 Å². The van der Waals surface area contributed by atoms with E-state index in [1.807, 2.05) is 68.4 Å². The van der Waals surface area contributed by atoms with Crippen LogP contribution in [-0.2, 0) is 25.5 Å². The molecule has 0 radical (unpaired) electrons. The summed E-state index contributed by atoms with van der Waals surface area (Å²) in [7, 11) is 0. The summed E-state index contributed by atoms with van der Waals surface area (Å²) in [5.74, 6) is -1.54. The number of para-hydroxylation sites is 1. The van der Waals surface area contributed by atoms with Crippen molar-refractivity contribution < 1.29 is 19.1 Å². The highest BCUT2D eigenvalue weighted by atomic mass is 16.5. The number of likely N-dealkylation sites (tertiary alicyclic amines) is 1. The molecule has 6 heteroatoms. The van der Waals surface area contributed by atoms with Crippen molar-refractivity contribution in [1.29, 1.82) is 0 Å². The van der Waals surface area contributed by atoms with Crippen LogP contribution in [0.25, 0.3) is 0 Å². The first-order chi connectivity index (χ1) is 14.0. The Labute approximate surface area is 170 Å². The highest BCUT2D eigenvalue weighted by molar-refractivity contribution is 5.94. The van der Waals surface area contributed by atoms with Crippen molar-refractivity contribution in [2.45, 2.75) is 32.7 Å². The topological polar surface area (TPSA) is 75.7 Å². The van der Waals surface area contributed by atoms with Gasteiger partial charge >= 0.3 is 5.97 Å². The van der Waals surface area contributed by atoms with Crippen LogP contribution in [0.5, 0.6) is 0 Å². The number of esters is 1. The summed E-state index contributed by atoms with van der Waals surface area (Å²) < 4.78 is 5.19. The molecule has 3 rings (SSSR count). The van der Waals surface area contributed by atoms with E-state index in [1.165, 1.54) is 0 Å². The van der Waals surface area contributed by atoms with Gasteiger partial charge in [0.05, 0.1) is 12.0 Å². The molecule has 0 aromatic heterocycles. The summed E-state index contributed by atoms with van der Waals surface area (Å²) in [6, 6.07) is 17.1. The zero-order valence-electron chi connectivity index (χ0n) is 16.8. The highest BCUT2D eigenvalue weighted by Gasteiger charge is 2.38. The van der Waals surface area contributed by atoms with E-state index in [-0.39, 0.29) is 25.0 Å². The minimum atomic E-state index is -0.551. The SMILES string of the molecule is CCc1ccccc1NC(=O)COC(=O)[C@H]1CC(=O)N([C@H](C)c2ccccc2)C1. The Morgan fingerprint density at radius 1 is 1.14 bits per heavy atom. The van der Waals surface area contributed by atoms with Crippen molar-refractivity contribution in [1.82, 2.24) is 4.90 Å². The second-order valence-electron chi connectivity index (χ2n) is 7.20. The van der Waals surface area contributed by atoms with Gasteiger partial charge < -0.3 is 15.0 Å². The molecule has 0 unspecified atom stereocenters. The number of rotatable bonds is 7. The average Bonchev–Trinajstić information content (AvgIpc) is 3.14. The first kappa shape index (κ1) is 20.6. The summed E-state index contributed by atoms with van der Waals surface area (Å²) in [6.45, 7) is 3.88. The van der Waals surface area contributed by atoms with Gasteiger partial charge in [-0.3, -0.25) is 14.4 Å². The summed E-state index contributed by atoms with van der Waals surface area (Å²) >= 11 is 0. The van der Waals surface area contributed by atoms with Gasteiger partial charge in [-0.1, -0.05) is 55.5 Å². The molecule has 1 aliphatic rings. The van der Waals surface area contributed by atoms with Gasteiger partial charge in [-0.25, -0.2) is 0 Å². The van der Waals surface area contributed by atoms with Crippen molar-refractivity contribution in [3.8, 4) is 0 Å². The number of nitrogens with one attached hydrogen (secondary N) is 1. The molecule has 152 valence electrons. The number of hydrogen-bond acceptors (Lipinski definition) is 4. The number of carbonyl (C=O) groups excluding carboxylic acids is 3. The van der Waals surface area contributed by atoms with Gasteiger partial charge in [0.25, 0.3) is 5.91 Å². The molecule has 1 aliphatic heterocycles. The van der Waals surface area contributed by atoms with Gasteiger partial charge in [0, 0.05) is 18.7 Å². The molecule has 29 heavy (non-hydrogen) atoms. The predicted molar refractivity (Wildman–Crippen MR) is 110 cm³/mol. The lowest BCUT2D eigenvalue weighted by Crippen LogP contribution is -2.30. The molecule has 1 heterocycles. The lowest BCUT2D eigenvalue weighted by Gasteiger charge is -2.25. The summed E-state index contributed by atoms with van der Waals surface area (Å²) in [6.07, 6.45) is 0.895. The molecule has 0 aliphatic carbocycles. The fourth-order valence-corrected chi connectivity index (χ4v) is 3.57. The fraction of sp³-hybridized carbons (Fsp3) is 0.348. The number of anilines is 1. The molecule has 1 N–H and O–H groups in total. The zero-order chi connectivity index (χ0) is 20.8. The van der Waals surface area contributed by atoms with E-state index in [9.17, 15) is 14.4 Å². The second-order valence-corrected chi connectivity index (χ2v) is 7.20. The summed E-state index contributed by atoms with van der Waals surface area (Å²) in [5.41, 5.74) is 2.75. The minimum absolute atomic E-state index is 0.0790. The molecule has 2 aromatic rings. The van der Waals surface area contributed by atoms with Crippen LogP contribution in [0.2, 0.25) is 0 Å². The maximum atomic E-state index is 12.4. The Bertz CT molecular complexity index is 881. The van der Waals surface area contributed by atoms with Gasteiger partial charge in [-0.15, -0.1) is 0 Å². The molecule has 1 fully saturated rings. The molecule has 2 atom stereocenters. The molecular weight excluding hydrogens is 368 g/mol. The Morgan fingerprint density at radius 2 is 1.83 bits per heavy atom. The number of ether oxygens (including phenoxy) is 1. The maximum absolute atomic E-state index is 12.4. The maximum Gasteiger partial charge on any atom is 0.311 e. The summed E-state index contributed by atoms with van der Waals surface area (Å²) in [4.78, 5) is 38.6. The third kappa shape index (κ3) is 5.02. The van der Waals surface area contributed by atoms with E-state index in [1.54, 1.807) is 4.90 Å². The van der Waals surface area contributed by atoms with Crippen LogP contribution in [0, 0.1) is 5.92 Å². The quantitative estimate of drug-likeness (QED) is 0.731. The van der Waals surface area contributed by atoms with Crippen molar-refractivity contribution in [2.24, 2.45) is 5.92 Å². The average molecular weight is 394 g/mol. The number of carbonyl (C=O) groups is 3. The molecule has 0 bridgehead atoms. The standard InChI is InChI=1S/C23H26N2O4/c1-3-17-9-7-8-12-20(17)24-21(26)15-29-23(28)19-13-22(27)25(14-19)16(2)18-10-5-4-6-11-18/h4-12,16,19H,3,13-15H2,1-2H3,(H,24,26)/t16-,19+/m1/s1. The zero-order valence-corrected chi connectivity index (χ0v) is 16.8. The Hall–Kier alpha value is -3.15. The van der Waals surface area contributed by atoms with Crippen LogP contribution in [-0.4, -0.2) is 35.8 Å². The third-order valence-corrected chi connectivity index (χ3v) is 5.26. The van der Waals surface area contributed by atoms with Gasteiger partial charge in [0.1, 0.15) is 0 Å². The Kier molecular flexibility index (Phi) is 6.65. The molecule has 2 amide bonds. The molecule has 2 aromatic carbocycles. The van der Waals surface area contributed by atoms with E-state index < -0.39 is 17.8 Å². The Balaban J connectivity index is 1.52. The molecular formula is C23H26N2O4. The second kappa shape index (κ2) is 9.37. The van der Waals surface area contributed by atoms with Crippen LogP contribution in [0.4, 0.5) is 5.69 Å². The summed E-state index contributed by atoms with van der Waals surface area (Å²) in [5, 5.41) is 2.77. The van der Waals surface area contributed by atoms with E-state index in [2.05, 4.69) is 5.32 Å². The van der Waals surface area contributed by atoms with Gasteiger partial charge in [0.15, 0.2) is 6.61 Å². The van der Waals surface area contributed by atoms with Gasteiger partial charge in [-0.05, 0) is 30.5 Å². The van der Waals surface area contributed by atoms with E-state index in [0.29, 0.717) is 6.54 Å². The number of nitrogens with zero attached hydrogens (tertiary/aromatic N) is 1. The van der Waals surface area contributed by atoms with Crippen molar-refractivity contribution in [3.05, 3.63) is 65.7 Å². The predicted octanol–water partition coefficient (Wildman–Crippen LogP) is 3.34. The van der Waals surface area contributed by atoms with Crippen LogP contribution in [0.1, 0.15) is 37.4 Å². The number of aryl methyl sites for hydroxylation is 1. The van der Waals surface area contributed by atoms with E-state index >= 15 is 0 Å². The molecule has 6 nitrogen and oxygen atoms in total. The van der Waals surface area contributed by atoms with Crippen molar-refractivity contribution >= 4 is 23.5 Å². The smallest absolute Gasteiger partial charge is 0.311 e. The van der Waals surface area contributed by atoms with Crippen LogP contribution >= 0.6 is 0 Å². The van der Waals surface area contributed by atoms with Crippen LogP contribution in [0.3, 0.4) is 0 Å². The van der Waals surface area contributed by atoms with Crippen molar-refractivity contribution in [3.63, 3.8) is 0 Å². The molecule has 0 spiro atoms. The number of amides is 2. The lowest BCUT2D eigenvalue weighted by molar-refractivity contribution is -0.151. The fourth-order valence-electron chi connectivity index (χ4n) is 3.57. The lowest BCUT2D eigenvalue weighted by atomic mass is 10.1. The van der Waals surface area contributed by atoms with E-state index in [0.717, 1.165) is 23.2 Å². The van der Waals surface area contributed by atoms with Crippen molar-refractivity contribution in [2.75, 3.05) is 18.5 Å². The normalized spacial score (nSPS) is 17.1. The number of benzene rings is 2. The highest BCUT2D eigenvalue weighted by Crippen LogP contribution is 2.29. The monoisotopic (exact) mass is 394 g/mol. The Morgan fingerprint density at radius 3 is 2.55 bits per heavy atom. The minimum Gasteiger partial charge on any atom is -0.455 e.